The van der Waals surface area contributed by atoms with Crippen LogP contribution < -0.4 is 24.3 Å². The van der Waals surface area contributed by atoms with Crippen LogP contribution in [0.2, 0.25) is 5.02 Å². The number of esters is 1. The van der Waals surface area contributed by atoms with Gasteiger partial charge >= 0.3 is 5.97 Å². The van der Waals surface area contributed by atoms with Crippen LogP contribution in [0.5, 0.6) is 23.0 Å². The molecular weight excluding hydrogens is 472 g/mol. The second kappa shape index (κ2) is 11.6. The van der Waals surface area contributed by atoms with Gasteiger partial charge in [0.1, 0.15) is 11.6 Å². The number of amides is 1. The maximum Gasteiger partial charge on any atom is 0.343 e. The number of rotatable bonds is 8. The molecule has 3 aromatic rings. The third kappa shape index (κ3) is 6.10. The van der Waals surface area contributed by atoms with Gasteiger partial charge in [0.2, 0.25) is 0 Å². The van der Waals surface area contributed by atoms with Crippen LogP contribution in [-0.4, -0.2) is 33.2 Å². The molecule has 9 heteroatoms. The summed E-state index contributed by atoms with van der Waals surface area (Å²) in [7, 11) is 4.37. The Bertz CT molecular complexity index is 1330. The number of ether oxygens (including phenoxy) is 4. The highest BCUT2D eigenvalue weighted by Crippen LogP contribution is 2.32. The van der Waals surface area contributed by atoms with Crippen molar-refractivity contribution in [1.82, 2.24) is 0 Å². The lowest BCUT2D eigenvalue weighted by Gasteiger charge is -2.12. The van der Waals surface area contributed by atoms with Gasteiger partial charge in [-0.3, -0.25) is 4.79 Å². The van der Waals surface area contributed by atoms with Gasteiger partial charge in [-0.1, -0.05) is 29.8 Å². The summed E-state index contributed by atoms with van der Waals surface area (Å²) in [5.41, 5.74) is 0.965. The zero-order valence-electron chi connectivity index (χ0n) is 19.1. The minimum Gasteiger partial charge on any atom is -0.493 e. The van der Waals surface area contributed by atoms with Gasteiger partial charge in [-0.15, -0.1) is 0 Å². The Labute approximate surface area is 207 Å². The number of nitriles is 1. The summed E-state index contributed by atoms with van der Waals surface area (Å²) in [5, 5.41) is 12.4. The van der Waals surface area contributed by atoms with E-state index in [-0.39, 0.29) is 22.6 Å². The molecule has 0 aromatic heterocycles. The fourth-order valence-corrected chi connectivity index (χ4v) is 3.23. The molecule has 0 unspecified atom stereocenters. The fourth-order valence-electron chi connectivity index (χ4n) is 3.05. The molecule has 8 nitrogen and oxygen atoms in total. The highest BCUT2D eigenvalue weighted by molar-refractivity contribution is 6.34. The van der Waals surface area contributed by atoms with Crippen molar-refractivity contribution in [3.63, 3.8) is 0 Å². The lowest BCUT2D eigenvalue weighted by molar-refractivity contribution is -0.112. The van der Waals surface area contributed by atoms with Crippen molar-refractivity contribution in [2.45, 2.75) is 0 Å². The van der Waals surface area contributed by atoms with Gasteiger partial charge in [-0.25, -0.2) is 4.79 Å². The molecule has 178 valence electrons. The van der Waals surface area contributed by atoms with Crippen molar-refractivity contribution in [2.75, 3.05) is 26.6 Å². The van der Waals surface area contributed by atoms with Crippen LogP contribution in [0.15, 0.2) is 66.2 Å². The highest BCUT2D eigenvalue weighted by atomic mass is 35.5. The molecular formula is C26H21ClN2O6. The molecule has 0 radical (unpaired) electrons. The van der Waals surface area contributed by atoms with Crippen molar-refractivity contribution in [2.24, 2.45) is 0 Å². The monoisotopic (exact) mass is 492 g/mol. The van der Waals surface area contributed by atoms with Gasteiger partial charge in [0.25, 0.3) is 5.91 Å². The number of carbonyl (C=O) groups is 2. The Balaban J connectivity index is 1.81. The molecule has 0 heterocycles. The molecule has 1 amide bonds. The summed E-state index contributed by atoms with van der Waals surface area (Å²) in [4.78, 5) is 25.2. The molecule has 35 heavy (non-hydrogen) atoms. The molecule has 0 spiro atoms. The number of hydrogen-bond acceptors (Lipinski definition) is 7. The minimum atomic E-state index is -0.635. The summed E-state index contributed by atoms with van der Waals surface area (Å²) in [6.07, 6.45) is 1.38. The normalized spacial score (nSPS) is 10.7. The van der Waals surface area contributed by atoms with Crippen LogP contribution in [-0.2, 0) is 4.79 Å². The first-order chi connectivity index (χ1) is 16.9. The summed E-state index contributed by atoms with van der Waals surface area (Å²) in [6, 6.07) is 17.8. The number of para-hydroxylation sites is 1. The van der Waals surface area contributed by atoms with Crippen LogP contribution in [0.1, 0.15) is 15.9 Å². The SMILES string of the molecule is COc1ccc(C(=O)Oc2ccc(/C=C(\C#N)C(=O)Nc3ccccc3Cl)cc2OC)cc1OC. The first kappa shape index (κ1) is 25.1. The molecule has 0 saturated carbocycles. The van der Waals surface area contributed by atoms with Gasteiger partial charge in [0.05, 0.1) is 37.6 Å². The lowest BCUT2D eigenvalue weighted by Crippen LogP contribution is -2.13. The Morgan fingerprint density at radius 1 is 0.886 bits per heavy atom. The molecule has 0 aliphatic heterocycles. The first-order valence-electron chi connectivity index (χ1n) is 10.2. The van der Waals surface area contributed by atoms with Crippen molar-refractivity contribution < 1.29 is 28.5 Å². The van der Waals surface area contributed by atoms with E-state index in [4.69, 9.17) is 30.5 Å². The predicted molar refractivity (Wildman–Crippen MR) is 131 cm³/mol. The van der Waals surface area contributed by atoms with Gasteiger partial charge in [-0.2, -0.15) is 5.26 Å². The number of anilines is 1. The summed E-state index contributed by atoms with van der Waals surface area (Å²) in [5.74, 6) is -0.00844. The first-order valence-corrected chi connectivity index (χ1v) is 10.6. The van der Waals surface area contributed by atoms with E-state index in [0.717, 1.165) is 0 Å². The van der Waals surface area contributed by atoms with E-state index in [1.807, 2.05) is 6.07 Å². The quantitative estimate of drug-likeness (QED) is 0.201. The molecule has 0 bridgehead atoms. The number of carbonyl (C=O) groups excluding carboxylic acids is 2. The number of nitrogens with zero attached hydrogens (tertiary/aromatic N) is 1. The number of methoxy groups -OCH3 is 3. The third-order valence-electron chi connectivity index (χ3n) is 4.81. The molecule has 3 rings (SSSR count). The maximum atomic E-state index is 12.7. The van der Waals surface area contributed by atoms with Crippen LogP contribution in [0.25, 0.3) is 6.08 Å². The summed E-state index contributed by atoms with van der Waals surface area (Å²) in [6.45, 7) is 0. The average molecular weight is 493 g/mol. The second-order valence-electron chi connectivity index (χ2n) is 6.97. The third-order valence-corrected chi connectivity index (χ3v) is 5.14. The van der Waals surface area contributed by atoms with Crippen molar-refractivity contribution in [1.29, 1.82) is 5.26 Å². The van der Waals surface area contributed by atoms with Gasteiger partial charge in [-0.05, 0) is 54.1 Å². The zero-order chi connectivity index (χ0) is 25.4. The number of nitrogens with one attached hydrogen (secondary N) is 1. The van der Waals surface area contributed by atoms with Crippen molar-refractivity contribution in [3.8, 4) is 29.1 Å². The molecule has 0 fully saturated rings. The largest absolute Gasteiger partial charge is 0.493 e. The summed E-state index contributed by atoms with van der Waals surface area (Å²) < 4.78 is 21.2. The number of halogens is 1. The Morgan fingerprint density at radius 3 is 2.20 bits per heavy atom. The molecule has 0 saturated heterocycles. The Morgan fingerprint density at radius 2 is 1.54 bits per heavy atom. The Kier molecular flexibility index (Phi) is 8.33. The van der Waals surface area contributed by atoms with Crippen LogP contribution >= 0.6 is 11.6 Å². The number of hydrogen-bond donors (Lipinski definition) is 1. The molecule has 0 aliphatic rings. The second-order valence-corrected chi connectivity index (χ2v) is 7.38. The van der Waals surface area contributed by atoms with Crippen molar-refractivity contribution in [3.05, 3.63) is 82.4 Å². The fraction of sp³-hybridized carbons (Fsp3) is 0.115. The molecule has 0 aliphatic carbocycles. The highest BCUT2D eigenvalue weighted by Gasteiger charge is 2.16. The molecule has 0 atom stereocenters. The lowest BCUT2D eigenvalue weighted by atomic mass is 10.1. The topological polar surface area (TPSA) is 107 Å². The molecule has 1 N–H and O–H groups in total. The van der Waals surface area contributed by atoms with Crippen LogP contribution in [0.3, 0.4) is 0 Å². The van der Waals surface area contributed by atoms with E-state index in [1.54, 1.807) is 42.5 Å². The van der Waals surface area contributed by atoms with Crippen LogP contribution in [0, 0.1) is 11.3 Å². The molecule has 3 aromatic carbocycles. The van der Waals surface area contributed by atoms with Gasteiger partial charge in [0.15, 0.2) is 23.0 Å². The smallest absolute Gasteiger partial charge is 0.343 e. The zero-order valence-corrected chi connectivity index (χ0v) is 19.9. The Hall–Kier alpha value is -4.48. The predicted octanol–water partition coefficient (Wildman–Crippen LogP) is 5.13. The van der Waals surface area contributed by atoms with E-state index >= 15 is 0 Å². The standard InChI is InChI=1S/C26H21ClN2O6/c1-32-21-11-9-17(14-24(21)34-3)26(31)35-22-10-8-16(13-23(22)33-2)12-18(15-28)25(30)29-20-7-5-4-6-19(20)27/h4-14H,1-3H3,(H,29,30)/b18-12+. The summed E-state index contributed by atoms with van der Waals surface area (Å²) >= 11 is 6.06. The van der Waals surface area contributed by atoms with E-state index < -0.39 is 11.9 Å². The minimum absolute atomic E-state index is 0.151. The van der Waals surface area contributed by atoms with E-state index in [9.17, 15) is 14.9 Å². The van der Waals surface area contributed by atoms with E-state index in [0.29, 0.717) is 27.8 Å². The van der Waals surface area contributed by atoms with E-state index in [1.165, 1.54) is 45.6 Å². The van der Waals surface area contributed by atoms with Crippen molar-refractivity contribution >= 4 is 35.2 Å². The average Bonchev–Trinajstić information content (AvgIpc) is 2.88. The van der Waals surface area contributed by atoms with Gasteiger partial charge < -0.3 is 24.3 Å². The van der Waals surface area contributed by atoms with E-state index in [2.05, 4.69) is 5.32 Å². The van der Waals surface area contributed by atoms with Gasteiger partial charge in [0, 0.05) is 0 Å². The maximum absolute atomic E-state index is 12.7. The van der Waals surface area contributed by atoms with Crippen LogP contribution in [0.4, 0.5) is 5.69 Å². The number of benzene rings is 3.